The second kappa shape index (κ2) is 5.38. The lowest BCUT2D eigenvalue weighted by Crippen LogP contribution is -2.59. The lowest BCUT2D eigenvalue weighted by Gasteiger charge is -2.39. The van der Waals surface area contributed by atoms with Crippen molar-refractivity contribution in [3.63, 3.8) is 0 Å². The Kier molecular flexibility index (Phi) is 4.98. The van der Waals surface area contributed by atoms with Crippen molar-refractivity contribution in [2.75, 3.05) is 13.6 Å². The second-order valence-electron chi connectivity index (χ2n) is 5.41. The van der Waals surface area contributed by atoms with Gasteiger partial charge in [-0.1, -0.05) is 6.92 Å². The van der Waals surface area contributed by atoms with Gasteiger partial charge in [0, 0.05) is 13.6 Å². The summed E-state index contributed by atoms with van der Waals surface area (Å²) in [5.41, 5.74) is -1.85. The van der Waals surface area contributed by atoms with Crippen LogP contribution in [0.25, 0.3) is 0 Å². The van der Waals surface area contributed by atoms with Crippen LogP contribution in [-0.4, -0.2) is 41.1 Å². The number of nitrogens with one attached hydrogen (secondary N) is 1. The highest BCUT2D eigenvalue weighted by Crippen LogP contribution is 2.30. The van der Waals surface area contributed by atoms with Crippen molar-refractivity contribution < 1.29 is 14.7 Å². The van der Waals surface area contributed by atoms with E-state index in [1.807, 2.05) is 6.92 Å². The molecule has 0 aromatic heterocycles. The first-order valence-corrected chi connectivity index (χ1v) is 5.83. The predicted octanol–water partition coefficient (Wildman–Crippen LogP) is 1.93. The van der Waals surface area contributed by atoms with Crippen LogP contribution < -0.4 is 5.32 Å². The van der Waals surface area contributed by atoms with Crippen LogP contribution in [0.4, 0.5) is 4.79 Å². The van der Waals surface area contributed by atoms with E-state index < -0.39 is 16.9 Å². The molecule has 0 spiro atoms. The Balaban J connectivity index is 4.76. The third kappa shape index (κ3) is 3.61. The number of carboxylic acids is 1. The molecule has 0 atom stereocenters. The Morgan fingerprint density at radius 3 is 2.06 bits per heavy atom. The maximum Gasteiger partial charge on any atom is 0.317 e. The quantitative estimate of drug-likeness (QED) is 0.776. The number of hydrogen-bond donors (Lipinski definition) is 2. The van der Waals surface area contributed by atoms with E-state index in [9.17, 15) is 9.59 Å². The molecular formula is C12H24N2O3. The molecule has 0 heterocycles. The van der Waals surface area contributed by atoms with Gasteiger partial charge in [-0.05, 0) is 34.1 Å². The smallest absolute Gasteiger partial charge is 0.317 e. The summed E-state index contributed by atoms with van der Waals surface area (Å²) in [5.74, 6) is -0.930. The van der Waals surface area contributed by atoms with Gasteiger partial charge in [-0.2, -0.15) is 0 Å². The van der Waals surface area contributed by atoms with Crippen LogP contribution in [0, 0.1) is 5.41 Å². The molecule has 0 unspecified atom stereocenters. The number of rotatable bonds is 5. The molecule has 2 amide bonds. The molecule has 0 aromatic rings. The van der Waals surface area contributed by atoms with E-state index in [-0.39, 0.29) is 6.03 Å². The Morgan fingerprint density at radius 2 is 1.71 bits per heavy atom. The zero-order valence-electron chi connectivity index (χ0n) is 11.6. The average molecular weight is 244 g/mol. The van der Waals surface area contributed by atoms with E-state index >= 15 is 0 Å². The molecule has 5 nitrogen and oxygen atoms in total. The predicted molar refractivity (Wildman–Crippen MR) is 66.9 cm³/mol. The van der Waals surface area contributed by atoms with Gasteiger partial charge in [0.25, 0.3) is 0 Å². The molecule has 0 fully saturated rings. The first-order chi connectivity index (χ1) is 7.56. The maximum absolute atomic E-state index is 11.8. The Hall–Kier alpha value is -1.26. The van der Waals surface area contributed by atoms with Crippen molar-refractivity contribution in [1.29, 1.82) is 0 Å². The van der Waals surface area contributed by atoms with Crippen molar-refractivity contribution in [3.05, 3.63) is 0 Å². The van der Waals surface area contributed by atoms with Gasteiger partial charge in [-0.15, -0.1) is 0 Å². The number of carboxylic acid groups (broad SMARTS) is 1. The van der Waals surface area contributed by atoms with E-state index in [1.54, 1.807) is 39.6 Å². The molecule has 0 radical (unpaired) electrons. The summed E-state index contributed by atoms with van der Waals surface area (Å²) < 4.78 is 0. The van der Waals surface area contributed by atoms with E-state index in [0.717, 1.165) is 6.42 Å². The number of nitrogens with zero attached hydrogens (tertiary/aromatic N) is 1. The van der Waals surface area contributed by atoms with Crippen molar-refractivity contribution in [2.24, 2.45) is 5.41 Å². The zero-order valence-corrected chi connectivity index (χ0v) is 11.6. The van der Waals surface area contributed by atoms with Gasteiger partial charge in [0.1, 0.15) is 0 Å². The molecule has 0 aliphatic heterocycles. The third-order valence-corrected chi connectivity index (χ3v) is 3.42. The van der Waals surface area contributed by atoms with Gasteiger partial charge >= 0.3 is 12.0 Å². The summed E-state index contributed by atoms with van der Waals surface area (Å²) >= 11 is 0. The minimum atomic E-state index is -1.03. The van der Waals surface area contributed by atoms with Gasteiger partial charge in [0.05, 0.1) is 11.0 Å². The first-order valence-electron chi connectivity index (χ1n) is 5.83. The van der Waals surface area contributed by atoms with E-state index in [0.29, 0.717) is 6.54 Å². The van der Waals surface area contributed by atoms with Crippen LogP contribution in [0.3, 0.4) is 0 Å². The fourth-order valence-electron chi connectivity index (χ4n) is 1.22. The third-order valence-electron chi connectivity index (χ3n) is 3.42. The molecule has 0 rings (SSSR count). The van der Waals surface area contributed by atoms with Crippen molar-refractivity contribution in [2.45, 2.75) is 46.6 Å². The summed E-state index contributed by atoms with van der Waals surface area (Å²) in [5, 5.41) is 11.9. The normalized spacial score (nSPS) is 12.1. The van der Waals surface area contributed by atoms with Crippen LogP contribution in [0.1, 0.15) is 41.0 Å². The molecule has 17 heavy (non-hydrogen) atoms. The van der Waals surface area contributed by atoms with E-state index in [2.05, 4.69) is 5.32 Å². The maximum atomic E-state index is 11.8. The number of urea groups is 1. The average Bonchev–Trinajstić information content (AvgIpc) is 2.16. The zero-order chi connectivity index (χ0) is 13.9. The molecule has 0 bridgehead atoms. The number of carbonyl (C=O) groups excluding carboxylic acids is 1. The summed E-state index contributed by atoms with van der Waals surface area (Å²) in [6, 6.07) is -0.244. The standard InChI is InChI=1S/C12H24N2O3/c1-7-8-14(6)10(17)13-12(4,5)11(2,3)9(15)16/h7-8H2,1-6H3,(H,13,17)(H,15,16). The minimum Gasteiger partial charge on any atom is -0.481 e. The molecule has 0 saturated heterocycles. The monoisotopic (exact) mass is 244 g/mol. The van der Waals surface area contributed by atoms with Crippen molar-refractivity contribution in [1.82, 2.24) is 10.2 Å². The molecule has 0 saturated carbocycles. The lowest BCUT2D eigenvalue weighted by atomic mass is 9.74. The number of carbonyl (C=O) groups is 2. The summed E-state index contributed by atoms with van der Waals surface area (Å²) in [7, 11) is 1.70. The van der Waals surface area contributed by atoms with Gasteiger partial charge in [0.15, 0.2) is 0 Å². The fraction of sp³-hybridized carbons (Fsp3) is 0.833. The number of aliphatic carboxylic acids is 1. The van der Waals surface area contributed by atoms with Crippen LogP contribution in [0.2, 0.25) is 0 Å². The highest BCUT2D eigenvalue weighted by Gasteiger charge is 2.44. The van der Waals surface area contributed by atoms with Gasteiger partial charge in [-0.25, -0.2) is 4.79 Å². The largest absolute Gasteiger partial charge is 0.481 e. The summed E-state index contributed by atoms with van der Waals surface area (Å²) in [4.78, 5) is 24.6. The topological polar surface area (TPSA) is 69.6 Å². The van der Waals surface area contributed by atoms with Crippen LogP contribution in [0.5, 0.6) is 0 Å². The minimum absolute atomic E-state index is 0.244. The van der Waals surface area contributed by atoms with Crippen LogP contribution in [-0.2, 0) is 4.79 Å². The Morgan fingerprint density at radius 1 is 1.24 bits per heavy atom. The molecule has 0 aliphatic carbocycles. The SMILES string of the molecule is CCCN(C)C(=O)NC(C)(C)C(C)(C)C(=O)O. The number of hydrogen-bond acceptors (Lipinski definition) is 2. The Bertz CT molecular complexity index is 298. The molecule has 5 heteroatoms. The highest BCUT2D eigenvalue weighted by atomic mass is 16.4. The van der Waals surface area contributed by atoms with Gasteiger partial charge in [0.2, 0.25) is 0 Å². The lowest BCUT2D eigenvalue weighted by molar-refractivity contribution is -0.150. The second-order valence-corrected chi connectivity index (χ2v) is 5.41. The first kappa shape index (κ1) is 15.7. The molecule has 2 N–H and O–H groups in total. The highest BCUT2D eigenvalue weighted by molar-refractivity contribution is 5.79. The molecule has 0 aliphatic rings. The molecule has 100 valence electrons. The van der Waals surface area contributed by atoms with Gasteiger partial charge in [-0.3, -0.25) is 4.79 Å². The van der Waals surface area contributed by atoms with Crippen molar-refractivity contribution in [3.8, 4) is 0 Å². The van der Waals surface area contributed by atoms with E-state index in [1.165, 1.54) is 0 Å². The van der Waals surface area contributed by atoms with Crippen LogP contribution in [0.15, 0.2) is 0 Å². The van der Waals surface area contributed by atoms with Crippen molar-refractivity contribution >= 4 is 12.0 Å². The summed E-state index contributed by atoms with van der Waals surface area (Å²) in [6.45, 7) is 9.29. The van der Waals surface area contributed by atoms with E-state index in [4.69, 9.17) is 5.11 Å². The van der Waals surface area contributed by atoms with Crippen LogP contribution >= 0.6 is 0 Å². The number of amides is 2. The fourth-order valence-corrected chi connectivity index (χ4v) is 1.22. The summed E-state index contributed by atoms with van der Waals surface area (Å²) in [6.07, 6.45) is 0.868. The Labute approximate surface area is 103 Å². The molecular weight excluding hydrogens is 220 g/mol. The molecule has 0 aromatic carbocycles. The van der Waals surface area contributed by atoms with Gasteiger partial charge < -0.3 is 15.3 Å².